The third kappa shape index (κ3) is 2.54. The van der Waals surface area contributed by atoms with E-state index in [1.807, 2.05) is 19.4 Å². The minimum Gasteiger partial charge on any atom is -0.486 e. The molecule has 0 bridgehead atoms. The lowest BCUT2D eigenvalue weighted by molar-refractivity contribution is 0.0682. The van der Waals surface area contributed by atoms with E-state index in [0.717, 1.165) is 18.7 Å². The van der Waals surface area contributed by atoms with Gasteiger partial charge >= 0.3 is 0 Å². The van der Waals surface area contributed by atoms with Gasteiger partial charge in [0, 0.05) is 51.6 Å². The van der Waals surface area contributed by atoms with Crippen molar-refractivity contribution in [1.82, 2.24) is 19.6 Å². The molecular formula is C17H19FN4O2. The number of likely N-dealkylation sites (N-methyl/N-ethyl adjacent to an activating group) is 1. The standard InChI is InChI=1S/C17H19FN4O2/c1-20-7-11(6-19-20)8-22-9-14-16(10-22)24-15-5-12(18)3-4-13(15)17(23)21(14)2/h3-7,14,16H,8-10H2,1-2H3/t14-,16+/m1/s1. The molecule has 1 aromatic heterocycles. The number of amides is 1. The van der Waals surface area contributed by atoms with Crippen molar-refractivity contribution >= 4 is 5.91 Å². The van der Waals surface area contributed by atoms with E-state index in [1.54, 1.807) is 16.6 Å². The van der Waals surface area contributed by atoms with Gasteiger partial charge in [-0.1, -0.05) is 0 Å². The molecular weight excluding hydrogens is 311 g/mol. The molecule has 4 rings (SSSR count). The lowest BCUT2D eigenvalue weighted by atomic mass is 10.1. The van der Waals surface area contributed by atoms with Crippen molar-refractivity contribution in [2.75, 3.05) is 20.1 Å². The van der Waals surface area contributed by atoms with Crippen molar-refractivity contribution in [2.24, 2.45) is 7.05 Å². The van der Waals surface area contributed by atoms with Crippen LogP contribution in [0.4, 0.5) is 4.39 Å². The lowest BCUT2D eigenvalue weighted by Crippen LogP contribution is -2.44. The van der Waals surface area contributed by atoms with Crippen LogP contribution in [0, 0.1) is 5.82 Å². The Bertz CT molecular complexity index is 791. The Morgan fingerprint density at radius 3 is 2.92 bits per heavy atom. The van der Waals surface area contributed by atoms with Crippen LogP contribution in [-0.4, -0.2) is 57.8 Å². The molecule has 1 amide bonds. The second-order valence-electron chi connectivity index (χ2n) is 6.50. The van der Waals surface area contributed by atoms with Crippen LogP contribution in [0.5, 0.6) is 5.75 Å². The summed E-state index contributed by atoms with van der Waals surface area (Å²) in [5.74, 6) is -0.184. The van der Waals surface area contributed by atoms with Crippen LogP contribution in [0.2, 0.25) is 0 Å². The van der Waals surface area contributed by atoms with Crippen LogP contribution in [0.1, 0.15) is 15.9 Å². The van der Waals surface area contributed by atoms with Crippen LogP contribution in [0.3, 0.4) is 0 Å². The molecule has 0 radical (unpaired) electrons. The first-order chi connectivity index (χ1) is 11.5. The van der Waals surface area contributed by atoms with Gasteiger partial charge in [0.2, 0.25) is 0 Å². The Balaban J connectivity index is 1.58. The van der Waals surface area contributed by atoms with Gasteiger partial charge in [-0.25, -0.2) is 4.39 Å². The number of nitrogens with zero attached hydrogens (tertiary/aromatic N) is 4. The second-order valence-corrected chi connectivity index (χ2v) is 6.50. The molecule has 7 heteroatoms. The molecule has 1 saturated heterocycles. The highest BCUT2D eigenvalue weighted by molar-refractivity contribution is 5.97. The molecule has 0 aliphatic carbocycles. The molecule has 1 fully saturated rings. The SMILES string of the molecule is CN1C(=O)c2ccc(F)cc2O[C@H]2CN(Cc3cnn(C)c3)C[C@H]21. The van der Waals surface area contributed by atoms with Gasteiger partial charge in [-0.05, 0) is 12.1 Å². The van der Waals surface area contributed by atoms with E-state index in [0.29, 0.717) is 17.9 Å². The van der Waals surface area contributed by atoms with Gasteiger partial charge in [0.1, 0.15) is 17.7 Å². The monoisotopic (exact) mass is 330 g/mol. The fourth-order valence-electron chi connectivity index (χ4n) is 3.54. The molecule has 2 atom stereocenters. The highest BCUT2D eigenvalue weighted by Gasteiger charge is 2.42. The van der Waals surface area contributed by atoms with Crippen LogP contribution in [0.25, 0.3) is 0 Å². The van der Waals surface area contributed by atoms with E-state index in [1.165, 1.54) is 18.2 Å². The van der Waals surface area contributed by atoms with Crippen molar-refractivity contribution in [3.8, 4) is 5.75 Å². The number of carbonyl (C=O) groups excluding carboxylic acids is 1. The second kappa shape index (κ2) is 5.59. The number of carbonyl (C=O) groups is 1. The zero-order valence-corrected chi connectivity index (χ0v) is 13.6. The maximum atomic E-state index is 13.5. The van der Waals surface area contributed by atoms with Crippen LogP contribution in [-0.2, 0) is 13.6 Å². The Hall–Kier alpha value is -2.41. The van der Waals surface area contributed by atoms with Gasteiger partial charge in [-0.3, -0.25) is 14.4 Å². The molecule has 0 saturated carbocycles. The average Bonchev–Trinajstić information content (AvgIpc) is 3.10. The Kier molecular flexibility index (Phi) is 3.53. The van der Waals surface area contributed by atoms with Gasteiger partial charge < -0.3 is 9.64 Å². The van der Waals surface area contributed by atoms with Crippen molar-refractivity contribution in [2.45, 2.75) is 18.7 Å². The van der Waals surface area contributed by atoms with E-state index in [-0.39, 0.29) is 18.1 Å². The van der Waals surface area contributed by atoms with E-state index < -0.39 is 5.82 Å². The van der Waals surface area contributed by atoms with Gasteiger partial charge in [0.25, 0.3) is 5.91 Å². The normalized spacial score (nSPS) is 23.6. The number of aromatic nitrogens is 2. The number of hydrogen-bond donors (Lipinski definition) is 0. The van der Waals surface area contributed by atoms with Crippen molar-refractivity contribution < 1.29 is 13.9 Å². The maximum Gasteiger partial charge on any atom is 0.257 e. The van der Waals surface area contributed by atoms with Crippen LogP contribution < -0.4 is 4.74 Å². The first-order valence-corrected chi connectivity index (χ1v) is 7.94. The number of benzene rings is 1. The van der Waals surface area contributed by atoms with Crippen molar-refractivity contribution in [3.05, 3.63) is 47.5 Å². The summed E-state index contributed by atoms with van der Waals surface area (Å²) in [6, 6.07) is 4.04. The summed E-state index contributed by atoms with van der Waals surface area (Å²) < 4.78 is 21.3. The highest BCUT2D eigenvalue weighted by Crippen LogP contribution is 2.31. The molecule has 0 N–H and O–H groups in total. The third-order valence-electron chi connectivity index (χ3n) is 4.75. The molecule has 0 spiro atoms. The average molecular weight is 330 g/mol. The van der Waals surface area contributed by atoms with E-state index in [9.17, 15) is 9.18 Å². The summed E-state index contributed by atoms with van der Waals surface area (Å²) in [5.41, 5.74) is 1.54. The van der Waals surface area contributed by atoms with Crippen LogP contribution in [0.15, 0.2) is 30.6 Å². The Morgan fingerprint density at radius 1 is 1.33 bits per heavy atom. The molecule has 2 aliphatic heterocycles. The van der Waals surface area contributed by atoms with Gasteiger partial charge in [0.15, 0.2) is 0 Å². The zero-order chi connectivity index (χ0) is 16.8. The predicted molar refractivity (Wildman–Crippen MR) is 85.2 cm³/mol. The predicted octanol–water partition coefficient (Wildman–Crippen LogP) is 1.28. The molecule has 2 aromatic rings. The Labute approximate surface area is 139 Å². The minimum absolute atomic E-state index is 0.0513. The zero-order valence-electron chi connectivity index (χ0n) is 13.6. The van der Waals surface area contributed by atoms with Crippen LogP contribution >= 0.6 is 0 Å². The lowest BCUT2D eigenvalue weighted by Gasteiger charge is -2.25. The third-order valence-corrected chi connectivity index (χ3v) is 4.75. The van der Waals surface area contributed by atoms with E-state index in [2.05, 4.69) is 10.00 Å². The van der Waals surface area contributed by atoms with E-state index in [4.69, 9.17) is 4.74 Å². The molecule has 126 valence electrons. The fraction of sp³-hybridized carbons (Fsp3) is 0.412. The van der Waals surface area contributed by atoms with Gasteiger partial charge in [-0.15, -0.1) is 0 Å². The van der Waals surface area contributed by atoms with Gasteiger partial charge in [0.05, 0.1) is 17.8 Å². The summed E-state index contributed by atoms with van der Waals surface area (Å²) in [7, 11) is 3.67. The number of hydrogen-bond acceptors (Lipinski definition) is 4. The maximum absolute atomic E-state index is 13.5. The Morgan fingerprint density at radius 2 is 2.17 bits per heavy atom. The minimum atomic E-state index is -0.395. The van der Waals surface area contributed by atoms with Crippen molar-refractivity contribution in [3.63, 3.8) is 0 Å². The van der Waals surface area contributed by atoms with Gasteiger partial charge in [-0.2, -0.15) is 5.10 Å². The molecule has 2 aliphatic rings. The molecule has 0 unspecified atom stereocenters. The summed E-state index contributed by atoms with van der Waals surface area (Å²) in [4.78, 5) is 16.6. The summed E-state index contributed by atoms with van der Waals surface area (Å²) >= 11 is 0. The number of likely N-dealkylation sites (tertiary alicyclic amines) is 1. The van der Waals surface area contributed by atoms with E-state index >= 15 is 0 Å². The molecule has 24 heavy (non-hydrogen) atoms. The number of rotatable bonds is 2. The summed E-state index contributed by atoms with van der Waals surface area (Å²) in [6.07, 6.45) is 3.65. The number of fused-ring (bicyclic) bond motifs is 2. The topological polar surface area (TPSA) is 50.6 Å². The summed E-state index contributed by atoms with van der Waals surface area (Å²) in [5, 5.41) is 4.18. The molecule has 6 nitrogen and oxygen atoms in total. The molecule has 3 heterocycles. The smallest absolute Gasteiger partial charge is 0.257 e. The number of halogens is 1. The van der Waals surface area contributed by atoms with Crippen molar-refractivity contribution in [1.29, 1.82) is 0 Å². The first-order valence-electron chi connectivity index (χ1n) is 7.94. The fourth-order valence-corrected chi connectivity index (χ4v) is 3.54. The number of aryl methyl sites for hydroxylation is 1. The first kappa shape index (κ1) is 15.1. The highest BCUT2D eigenvalue weighted by atomic mass is 19.1. The quantitative estimate of drug-likeness (QED) is 0.832. The largest absolute Gasteiger partial charge is 0.486 e. The summed E-state index contributed by atoms with van der Waals surface area (Å²) in [6.45, 7) is 2.16. The number of ether oxygens (including phenoxy) is 1. The molecule has 1 aromatic carbocycles.